The second-order valence-electron chi connectivity index (χ2n) is 20.3. The first-order valence-electron chi connectivity index (χ1n) is 24.3. The average Bonchev–Trinajstić information content (AvgIpc) is 3.95. The number of hydrogen-bond acceptors (Lipinski definition) is 11. The lowest BCUT2D eigenvalue weighted by Crippen LogP contribution is -2.46. The van der Waals surface area contributed by atoms with Gasteiger partial charge >= 0.3 is 12.2 Å². The van der Waals surface area contributed by atoms with E-state index in [1.807, 2.05) is 81.4 Å². The van der Waals surface area contributed by atoms with Crippen molar-refractivity contribution >= 4 is 65.1 Å². The van der Waals surface area contributed by atoms with Crippen LogP contribution in [-0.2, 0) is 41.4 Å². The maximum absolute atomic E-state index is 13.3. The summed E-state index contributed by atoms with van der Waals surface area (Å²) in [6.45, 7) is 11.4. The van der Waals surface area contributed by atoms with Crippen LogP contribution in [-0.4, -0.2) is 89.3 Å². The van der Waals surface area contributed by atoms with Gasteiger partial charge in [-0.3, -0.25) is 19.4 Å². The Morgan fingerprint density at radius 1 is 0.584 bits per heavy atom. The fraction of sp³-hybridized carbons (Fsp3) is 0.286. The molecule has 4 atom stereocenters. The summed E-state index contributed by atoms with van der Waals surface area (Å²) in [7, 11) is -2.27. The Morgan fingerprint density at radius 3 is 1.25 bits per heavy atom. The van der Waals surface area contributed by atoms with Crippen molar-refractivity contribution in [3.63, 3.8) is 0 Å². The molecule has 0 spiro atoms. The molecule has 16 nitrogen and oxygen atoms in total. The van der Waals surface area contributed by atoms with E-state index in [1.54, 1.807) is 32.9 Å². The quantitative estimate of drug-likeness (QED) is 0.0710. The first kappa shape index (κ1) is 59.0. The number of nitrogens with two attached hydrogens (primary N) is 1. The van der Waals surface area contributed by atoms with Crippen LogP contribution in [0.2, 0.25) is 0 Å². The maximum atomic E-state index is 13.3. The molecule has 2 saturated heterocycles. The highest BCUT2D eigenvalue weighted by atomic mass is 35.7. The number of ether oxygens (including phenoxy) is 2. The smallest absolute Gasteiger partial charge is 0.414 e. The molecular formula is C56H61ClF2N6O10S2. The van der Waals surface area contributed by atoms with Crippen LogP contribution in [0, 0.1) is 11.6 Å². The molecule has 6 aromatic rings. The Balaban J connectivity index is 0.000000230. The third-order valence-electron chi connectivity index (χ3n) is 11.3. The van der Waals surface area contributed by atoms with E-state index in [2.05, 4.69) is 15.4 Å². The number of benzene rings is 6. The van der Waals surface area contributed by atoms with Crippen molar-refractivity contribution in [2.24, 2.45) is 5.73 Å². The van der Waals surface area contributed by atoms with Crippen LogP contribution >= 0.6 is 10.7 Å². The van der Waals surface area contributed by atoms with Gasteiger partial charge in [-0.25, -0.2) is 39.9 Å². The number of carbonyl (C=O) groups is 4. The van der Waals surface area contributed by atoms with Crippen LogP contribution < -0.4 is 30.9 Å². The van der Waals surface area contributed by atoms with Gasteiger partial charge in [0.2, 0.25) is 10.0 Å². The molecule has 2 heterocycles. The number of hydrogen-bond donors (Lipinski definition) is 4. The van der Waals surface area contributed by atoms with Crippen LogP contribution in [0.25, 0.3) is 0 Å². The van der Waals surface area contributed by atoms with Crippen LogP contribution in [0.3, 0.4) is 0 Å². The van der Waals surface area contributed by atoms with Gasteiger partial charge in [0.15, 0.2) is 0 Å². The predicted molar refractivity (Wildman–Crippen MR) is 291 cm³/mol. The summed E-state index contributed by atoms with van der Waals surface area (Å²) in [6.07, 6.45) is -1.81. The van der Waals surface area contributed by atoms with Gasteiger partial charge in [-0.05, 0) is 163 Å². The molecule has 0 unspecified atom stereocenters. The lowest BCUT2D eigenvalue weighted by atomic mass is 10.0. The van der Waals surface area contributed by atoms with Gasteiger partial charge in [0.25, 0.3) is 20.9 Å². The third-order valence-corrected chi connectivity index (χ3v) is 14.5. The Morgan fingerprint density at radius 2 is 0.922 bits per heavy atom. The molecule has 4 amide bonds. The molecule has 0 bridgehead atoms. The highest BCUT2D eigenvalue weighted by molar-refractivity contribution is 8.13. The largest absolute Gasteiger partial charge is 0.442 e. The van der Waals surface area contributed by atoms with E-state index < -0.39 is 84.5 Å². The lowest BCUT2D eigenvalue weighted by molar-refractivity contribution is 0.0838. The highest BCUT2D eigenvalue weighted by Gasteiger charge is 2.40. The first-order valence-corrected chi connectivity index (χ1v) is 28.1. The summed E-state index contributed by atoms with van der Waals surface area (Å²) in [5.41, 5.74) is 8.04. The van der Waals surface area contributed by atoms with Crippen LogP contribution in [0.15, 0.2) is 168 Å². The number of nitrogens with one attached hydrogen (secondary N) is 3. The van der Waals surface area contributed by atoms with Crippen molar-refractivity contribution < 1.29 is 54.3 Å². The number of nitrogens with zero attached hydrogens (tertiary/aromatic N) is 2. The van der Waals surface area contributed by atoms with Crippen molar-refractivity contribution in [1.29, 1.82) is 0 Å². The summed E-state index contributed by atoms with van der Waals surface area (Å²) in [4.78, 5) is 53.9. The summed E-state index contributed by atoms with van der Waals surface area (Å²) >= 11 is 0. The summed E-state index contributed by atoms with van der Waals surface area (Å²) in [6, 6.07) is 39.6. The fourth-order valence-electron chi connectivity index (χ4n) is 7.86. The minimum absolute atomic E-state index is 0. The maximum Gasteiger partial charge on any atom is 0.414 e. The summed E-state index contributed by atoms with van der Waals surface area (Å²) in [5, 5.41) is 5.84. The van der Waals surface area contributed by atoms with Crippen LogP contribution in [0.4, 0.5) is 29.7 Å². The molecule has 2 aliphatic heterocycles. The van der Waals surface area contributed by atoms with Gasteiger partial charge in [0.05, 0.1) is 35.0 Å². The Labute approximate surface area is 452 Å². The SMILES string of the molecule is CC(C)(C)N.CC(C)(C)NS(=O)(=O)c1ccc(N2C[C@H]([C@H](Cc3ccccc3)NC(=O)c3ccc(F)cc3)OC2=O)cc1.O=C(N[C@@H](Cc1ccccc1)[C@H]1CN(c2ccc(S(=O)(=O)Cl)cc2)C(=O)O1)c1ccc(F)cc1. The van der Waals surface area contributed by atoms with Gasteiger partial charge in [-0.2, -0.15) is 0 Å². The molecule has 77 heavy (non-hydrogen) atoms. The van der Waals surface area contributed by atoms with E-state index in [0.717, 1.165) is 11.1 Å². The number of anilines is 2. The van der Waals surface area contributed by atoms with Gasteiger partial charge in [0, 0.05) is 44.3 Å². The Hall–Kier alpha value is -7.23. The van der Waals surface area contributed by atoms with E-state index >= 15 is 0 Å². The first-order chi connectivity index (χ1) is 36.1. The van der Waals surface area contributed by atoms with Gasteiger partial charge in [-0.1, -0.05) is 60.7 Å². The minimum Gasteiger partial charge on any atom is -0.442 e. The standard InChI is InChI=1S/C28H30FN3O5S.C24H20ClFN2O5S.C4H11N/c1-28(2,3)31-38(35,36)23-15-13-22(14-16-23)32-18-25(37-27(32)34)24(17-19-7-5-4-6-8-19)30-26(33)20-9-11-21(29)12-10-20;25-34(31,32)20-12-10-19(11-13-20)28-15-22(33-24(28)30)21(14-16-4-2-1-3-5-16)27-23(29)17-6-8-18(26)9-7-17;1-4(2,3)5/h4-16,24-25,31H,17-18H2,1-3H3,(H,30,33);1-13,21-22H,14-15H2,(H,27,29);5H2,1-3H3/t24-,25+;21-,22+;/m00./s1. The number of amides is 4. The molecule has 2 aliphatic rings. The van der Waals surface area contributed by atoms with Gasteiger partial charge < -0.3 is 25.8 Å². The van der Waals surface area contributed by atoms with E-state index in [1.165, 1.54) is 94.7 Å². The summed E-state index contributed by atoms with van der Waals surface area (Å²) in [5.74, 6) is -1.74. The number of sulfonamides is 1. The van der Waals surface area contributed by atoms with Gasteiger partial charge in [0.1, 0.15) is 23.8 Å². The molecule has 0 aromatic heterocycles. The Bertz CT molecular complexity index is 3200. The molecule has 0 saturated carbocycles. The zero-order valence-corrected chi connectivity index (χ0v) is 45.5. The van der Waals surface area contributed by atoms with E-state index in [-0.39, 0.29) is 39.5 Å². The Kier molecular flexibility index (Phi) is 19.4. The second-order valence-corrected chi connectivity index (χ2v) is 24.5. The van der Waals surface area contributed by atoms with Crippen molar-refractivity contribution in [1.82, 2.24) is 15.4 Å². The molecular weight excluding hydrogens is 1050 g/mol. The second kappa shape index (κ2) is 25.3. The molecule has 21 heteroatoms. The van der Waals surface area contributed by atoms with Crippen molar-refractivity contribution in [3.8, 4) is 0 Å². The number of carbonyl (C=O) groups excluding carboxylic acids is 4. The van der Waals surface area contributed by atoms with E-state index in [4.69, 9.17) is 25.9 Å². The number of rotatable bonds is 15. The monoisotopic (exact) mass is 1110 g/mol. The average molecular weight is 1120 g/mol. The number of halogens is 3. The molecule has 408 valence electrons. The van der Waals surface area contributed by atoms with Crippen LogP contribution in [0.5, 0.6) is 0 Å². The topological polar surface area (TPSA) is 224 Å². The highest BCUT2D eigenvalue weighted by Crippen LogP contribution is 2.28. The zero-order valence-electron chi connectivity index (χ0n) is 43.2. The summed E-state index contributed by atoms with van der Waals surface area (Å²) < 4.78 is 88.6. The molecule has 6 aromatic carbocycles. The molecule has 5 N–H and O–H groups in total. The van der Waals surface area contributed by atoms with Crippen LogP contribution in [0.1, 0.15) is 73.4 Å². The lowest BCUT2D eigenvalue weighted by Gasteiger charge is -2.24. The van der Waals surface area contributed by atoms with E-state index in [9.17, 15) is 44.8 Å². The number of cyclic esters (lactones) is 2. The van der Waals surface area contributed by atoms with Crippen molar-refractivity contribution in [2.75, 3.05) is 22.9 Å². The van der Waals surface area contributed by atoms with E-state index in [0.29, 0.717) is 24.2 Å². The third kappa shape index (κ3) is 17.9. The fourth-order valence-corrected chi connectivity index (χ4v) is 10.0. The molecule has 2 fully saturated rings. The molecule has 0 aliphatic carbocycles. The zero-order chi connectivity index (χ0) is 56.3. The minimum atomic E-state index is -3.89. The predicted octanol–water partition coefficient (Wildman–Crippen LogP) is 9.13. The van der Waals surface area contributed by atoms with Crippen molar-refractivity contribution in [2.45, 2.75) is 99.5 Å². The normalized spacial score (nSPS) is 16.4. The molecule has 8 rings (SSSR count). The van der Waals surface area contributed by atoms with Crippen molar-refractivity contribution in [3.05, 3.63) is 192 Å². The van der Waals surface area contributed by atoms with Gasteiger partial charge in [-0.15, -0.1) is 0 Å². The molecule has 0 radical (unpaired) electrons.